The van der Waals surface area contributed by atoms with E-state index in [0.29, 0.717) is 22.3 Å². The van der Waals surface area contributed by atoms with Crippen LogP contribution in [0.1, 0.15) is 83.5 Å². The second-order valence-corrected chi connectivity index (χ2v) is 7.97. The van der Waals surface area contributed by atoms with E-state index in [1.165, 1.54) is 16.7 Å². The molecule has 0 saturated heterocycles. The summed E-state index contributed by atoms with van der Waals surface area (Å²) in [4.78, 5) is 26.4. The van der Waals surface area contributed by atoms with Gasteiger partial charge in [-0.15, -0.1) is 0 Å². The molecule has 0 atom stereocenters. The Bertz CT molecular complexity index is 981. The zero-order valence-corrected chi connectivity index (χ0v) is 17.3. The van der Waals surface area contributed by atoms with Crippen LogP contribution < -0.4 is 0 Å². The number of rotatable bonds is 6. The van der Waals surface area contributed by atoms with Crippen LogP contribution in [0.3, 0.4) is 0 Å². The van der Waals surface area contributed by atoms with Crippen LogP contribution in [0.2, 0.25) is 0 Å². The van der Waals surface area contributed by atoms with E-state index >= 15 is 0 Å². The van der Waals surface area contributed by atoms with E-state index < -0.39 is 0 Å². The van der Waals surface area contributed by atoms with Crippen LogP contribution in [0.4, 0.5) is 0 Å². The van der Waals surface area contributed by atoms with Gasteiger partial charge in [0.05, 0.1) is 0 Å². The second kappa shape index (κ2) is 8.52. The summed E-state index contributed by atoms with van der Waals surface area (Å²) in [5, 5.41) is 0. The van der Waals surface area contributed by atoms with Crippen molar-refractivity contribution >= 4 is 11.6 Å². The lowest BCUT2D eigenvalue weighted by atomic mass is 9.79. The number of ketones is 2. The summed E-state index contributed by atoms with van der Waals surface area (Å²) in [6.45, 7) is 8.37. The van der Waals surface area contributed by atoms with Crippen LogP contribution in [0.15, 0.2) is 59.7 Å². The molecule has 0 saturated carbocycles. The largest absolute Gasteiger partial charge is 0.289 e. The van der Waals surface area contributed by atoms with Gasteiger partial charge in [-0.1, -0.05) is 53.6 Å². The molecule has 144 valence electrons. The lowest BCUT2D eigenvalue weighted by molar-refractivity contribution is 0.0978. The Hall–Kier alpha value is -2.74. The SMILES string of the molecule is CC(C)=CCCc1ccc2c(c1CCC=C(C)C)C(=O)c1ccccc1C2=O. The topological polar surface area (TPSA) is 34.1 Å². The Morgan fingerprint density at radius 2 is 1.29 bits per heavy atom. The van der Waals surface area contributed by atoms with Gasteiger partial charge in [0, 0.05) is 22.3 Å². The number of fused-ring (bicyclic) bond motifs is 2. The summed E-state index contributed by atoms with van der Waals surface area (Å²) in [6, 6.07) is 11.1. The number of allylic oxidation sites excluding steroid dienone is 4. The molecule has 0 aliphatic heterocycles. The summed E-state index contributed by atoms with van der Waals surface area (Å²) in [7, 11) is 0. The first-order valence-corrected chi connectivity index (χ1v) is 10.00. The van der Waals surface area contributed by atoms with E-state index in [0.717, 1.165) is 31.2 Å². The molecule has 28 heavy (non-hydrogen) atoms. The van der Waals surface area contributed by atoms with Gasteiger partial charge in [-0.2, -0.15) is 0 Å². The van der Waals surface area contributed by atoms with Crippen molar-refractivity contribution in [3.05, 3.63) is 93.1 Å². The number of carbonyl (C=O) groups excluding carboxylic acids is 2. The number of benzene rings is 2. The minimum atomic E-state index is -0.0375. The number of carbonyl (C=O) groups is 2. The molecule has 0 heterocycles. The molecule has 0 radical (unpaired) electrons. The van der Waals surface area contributed by atoms with Crippen LogP contribution in [-0.2, 0) is 12.8 Å². The molecule has 0 bridgehead atoms. The third-order valence-corrected chi connectivity index (χ3v) is 5.21. The van der Waals surface area contributed by atoms with E-state index in [4.69, 9.17) is 0 Å². The number of aryl methyl sites for hydroxylation is 1. The van der Waals surface area contributed by atoms with Gasteiger partial charge in [-0.3, -0.25) is 9.59 Å². The van der Waals surface area contributed by atoms with Crippen molar-refractivity contribution in [1.82, 2.24) is 0 Å². The molecule has 2 heteroatoms. The Balaban J connectivity index is 2.09. The minimum absolute atomic E-state index is 0.0125. The van der Waals surface area contributed by atoms with Crippen molar-refractivity contribution < 1.29 is 9.59 Å². The van der Waals surface area contributed by atoms with E-state index in [1.807, 2.05) is 18.2 Å². The van der Waals surface area contributed by atoms with Crippen LogP contribution in [-0.4, -0.2) is 11.6 Å². The van der Waals surface area contributed by atoms with E-state index in [1.54, 1.807) is 12.1 Å². The summed E-state index contributed by atoms with van der Waals surface area (Å²) < 4.78 is 0. The Morgan fingerprint density at radius 1 is 0.714 bits per heavy atom. The van der Waals surface area contributed by atoms with Crippen molar-refractivity contribution in [3.8, 4) is 0 Å². The Kier molecular flexibility index (Phi) is 6.08. The van der Waals surface area contributed by atoms with Gasteiger partial charge in [0.15, 0.2) is 11.6 Å². The van der Waals surface area contributed by atoms with Gasteiger partial charge in [0.1, 0.15) is 0 Å². The van der Waals surface area contributed by atoms with E-state index in [-0.39, 0.29) is 11.6 Å². The van der Waals surface area contributed by atoms with E-state index in [2.05, 4.69) is 45.9 Å². The standard InChI is InChI=1S/C26H28O2/c1-17(2)9-7-11-19-15-16-23-24(20(19)14-8-10-18(3)4)26(28)22-13-6-5-12-21(22)25(23)27/h5-6,9-10,12-13,15-16H,7-8,11,14H2,1-4H3. The van der Waals surface area contributed by atoms with Crippen molar-refractivity contribution in [2.45, 2.75) is 53.4 Å². The maximum atomic E-state index is 13.3. The van der Waals surface area contributed by atoms with Gasteiger partial charge in [-0.25, -0.2) is 0 Å². The third kappa shape index (κ3) is 4.06. The summed E-state index contributed by atoms with van der Waals surface area (Å²) in [6.07, 6.45) is 7.89. The van der Waals surface area contributed by atoms with Gasteiger partial charge >= 0.3 is 0 Å². The first-order valence-electron chi connectivity index (χ1n) is 10.00. The normalized spacial score (nSPS) is 12.3. The van der Waals surface area contributed by atoms with Crippen molar-refractivity contribution in [1.29, 1.82) is 0 Å². The average Bonchev–Trinajstić information content (AvgIpc) is 2.66. The van der Waals surface area contributed by atoms with Gasteiger partial charge in [-0.05, 0) is 70.6 Å². The Labute approximate surface area is 168 Å². The summed E-state index contributed by atoms with van der Waals surface area (Å²) in [5.74, 6) is -0.0500. The van der Waals surface area contributed by atoms with Gasteiger partial charge in [0.2, 0.25) is 0 Å². The fourth-order valence-electron chi connectivity index (χ4n) is 3.84. The highest BCUT2D eigenvalue weighted by molar-refractivity contribution is 6.29. The molecule has 0 N–H and O–H groups in total. The lowest BCUT2D eigenvalue weighted by Crippen LogP contribution is -2.23. The smallest absolute Gasteiger partial charge is 0.194 e. The molecule has 0 spiro atoms. The summed E-state index contributed by atoms with van der Waals surface area (Å²) >= 11 is 0. The predicted octanol–water partition coefficient (Wildman–Crippen LogP) is 6.26. The molecule has 2 nitrogen and oxygen atoms in total. The fourth-order valence-corrected chi connectivity index (χ4v) is 3.84. The Morgan fingerprint density at radius 3 is 1.89 bits per heavy atom. The maximum absolute atomic E-state index is 13.3. The van der Waals surface area contributed by atoms with Crippen LogP contribution >= 0.6 is 0 Å². The zero-order chi connectivity index (χ0) is 20.3. The molecular formula is C26H28O2. The molecule has 2 aromatic carbocycles. The summed E-state index contributed by atoms with van der Waals surface area (Å²) in [5.41, 5.74) is 7.02. The fraction of sp³-hybridized carbons (Fsp3) is 0.308. The molecule has 0 fully saturated rings. The first kappa shape index (κ1) is 20.0. The zero-order valence-electron chi connectivity index (χ0n) is 17.3. The van der Waals surface area contributed by atoms with Crippen LogP contribution in [0.5, 0.6) is 0 Å². The van der Waals surface area contributed by atoms with Crippen molar-refractivity contribution in [3.63, 3.8) is 0 Å². The molecule has 2 aromatic rings. The van der Waals surface area contributed by atoms with Crippen LogP contribution in [0.25, 0.3) is 0 Å². The number of hydrogen-bond acceptors (Lipinski definition) is 2. The van der Waals surface area contributed by atoms with E-state index in [9.17, 15) is 9.59 Å². The van der Waals surface area contributed by atoms with Crippen molar-refractivity contribution in [2.75, 3.05) is 0 Å². The van der Waals surface area contributed by atoms with Crippen molar-refractivity contribution in [2.24, 2.45) is 0 Å². The molecule has 3 rings (SSSR count). The molecule has 1 aliphatic rings. The predicted molar refractivity (Wildman–Crippen MR) is 115 cm³/mol. The molecule has 0 aromatic heterocycles. The van der Waals surface area contributed by atoms with Gasteiger partial charge in [0.25, 0.3) is 0 Å². The third-order valence-electron chi connectivity index (χ3n) is 5.21. The minimum Gasteiger partial charge on any atom is -0.289 e. The highest BCUT2D eigenvalue weighted by atomic mass is 16.1. The maximum Gasteiger partial charge on any atom is 0.194 e. The quantitative estimate of drug-likeness (QED) is 0.479. The monoisotopic (exact) mass is 372 g/mol. The molecule has 0 unspecified atom stereocenters. The molecule has 1 aliphatic carbocycles. The molecular weight excluding hydrogens is 344 g/mol. The number of hydrogen-bond donors (Lipinski definition) is 0. The van der Waals surface area contributed by atoms with Gasteiger partial charge < -0.3 is 0 Å². The highest BCUT2D eigenvalue weighted by Crippen LogP contribution is 2.32. The highest BCUT2D eigenvalue weighted by Gasteiger charge is 2.31. The lowest BCUT2D eigenvalue weighted by Gasteiger charge is -2.22. The first-order chi connectivity index (χ1) is 13.4. The van der Waals surface area contributed by atoms with Crippen LogP contribution in [0, 0.1) is 0 Å². The second-order valence-electron chi connectivity index (χ2n) is 7.97. The molecule has 0 amide bonds. The average molecular weight is 373 g/mol.